The normalized spacial score (nSPS) is 19.9. The molecule has 1 aliphatic heterocycles. The minimum Gasteiger partial charge on any atom is -0.368 e. The number of primary amides is 1. The lowest BCUT2D eigenvalue weighted by Crippen LogP contribution is -2.48. The largest absolute Gasteiger partial charge is 0.368 e. The predicted molar refractivity (Wildman–Crippen MR) is 68.5 cm³/mol. The molecule has 0 aromatic heterocycles. The zero-order chi connectivity index (χ0) is 13.1. The number of halogens is 1. The maximum Gasteiger partial charge on any atom is 0.240 e. The van der Waals surface area contributed by atoms with Gasteiger partial charge < -0.3 is 16.4 Å². The number of benzene rings is 1. The lowest BCUT2D eigenvalue weighted by atomic mass is 10.00. The zero-order valence-electron chi connectivity index (χ0n) is 10.2. The summed E-state index contributed by atoms with van der Waals surface area (Å²) in [4.78, 5) is 13.2. The number of nitrogens with zero attached hydrogens (tertiary/aromatic N) is 1. The summed E-state index contributed by atoms with van der Waals surface area (Å²) in [6.45, 7) is 0.961. The molecule has 1 aliphatic rings. The van der Waals surface area contributed by atoms with Crippen LogP contribution in [0.3, 0.4) is 0 Å². The Labute approximate surface area is 106 Å². The highest BCUT2D eigenvalue weighted by Crippen LogP contribution is 2.27. The van der Waals surface area contributed by atoms with E-state index in [0.29, 0.717) is 25.2 Å². The number of carbonyl (C=O) groups is 1. The Bertz CT molecular complexity index is 450. The molecule has 1 aromatic carbocycles. The van der Waals surface area contributed by atoms with Crippen LogP contribution < -0.4 is 16.4 Å². The van der Waals surface area contributed by atoms with Crippen molar-refractivity contribution in [2.75, 3.05) is 11.4 Å². The number of rotatable bonds is 3. The van der Waals surface area contributed by atoms with Gasteiger partial charge in [0.2, 0.25) is 5.91 Å². The first-order chi connectivity index (χ1) is 8.63. The topological polar surface area (TPSA) is 72.3 Å². The number of hydrogen-bond acceptors (Lipinski definition) is 3. The fraction of sp³-hybridized carbons (Fsp3) is 0.462. The summed E-state index contributed by atoms with van der Waals surface area (Å²) in [6, 6.07) is 4.48. The number of carbonyl (C=O) groups excluding carboxylic acids is 1. The average molecular weight is 251 g/mol. The molecule has 0 bridgehead atoms. The molecule has 1 aromatic rings. The summed E-state index contributed by atoms with van der Waals surface area (Å²) in [5, 5.41) is 0. The second-order valence-corrected chi connectivity index (χ2v) is 4.60. The first-order valence-electron chi connectivity index (χ1n) is 6.18. The molecule has 1 fully saturated rings. The van der Waals surface area contributed by atoms with Crippen molar-refractivity contribution in [1.82, 2.24) is 0 Å². The monoisotopic (exact) mass is 251 g/mol. The lowest BCUT2D eigenvalue weighted by molar-refractivity contribution is -0.119. The van der Waals surface area contributed by atoms with Crippen LogP contribution in [0.5, 0.6) is 0 Å². The van der Waals surface area contributed by atoms with Crippen LogP contribution in [0.15, 0.2) is 18.2 Å². The first-order valence-corrected chi connectivity index (χ1v) is 6.18. The quantitative estimate of drug-likeness (QED) is 0.845. The Hall–Kier alpha value is -1.62. The second kappa shape index (κ2) is 5.35. The zero-order valence-corrected chi connectivity index (χ0v) is 10.2. The summed E-state index contributed by atoms with van der Waals surface area (Å²) in [7, 11) is 0. The number of nitrogens with two attached hydrogens (primary N) is 2. The molecule has 1 heterocycles. The van der Waals surface area contributed by atoms with Gasteiger partial charge in [0.05, 0.1) is 5.69 Å². The fourth-order valence-corrected chi connectivity index (χ4v) is 2.43. The first kappa shape index (κ1) is 12.8. The maximum atomic E-state index is 14.0. The van der Waals surface area contributed by atoms with E-state index in [-0.39, 0.29) is 5.82 Å². The molecule has 0 spiro atoms. The van der Waals surface area contributed by atoms with Crippen molar-refractivity contribution in [3.63, 3.8) is 0 Å². The van der Waals surface area contributed by atoms with Gasteiger partial charge in [0.15, 0.2) is 0 Å². The summed E-state index contributed by atoms with van der Waals surface area (Å²) < 4.78 is 14.0. The Morgan fingerprint density at radius 1 is 1.44 bits per heavy atom. The lowest BCUT2D eigenvalue weighted by Gasteiger charge is -2.35. The third kappa shape index (κ3) is 2.46. The van der Waals surface area contributed by atoms with Crippen LogP contribution in [0, 0.1) is 5.82 Å². The van der Waals surface area contributed by atoms with Gasteiger partial charge in [-0.15, -0.1) is 0 Å². The molecule has 18 heavy (non-hydrogen) atoms. The molecule has 0 aliphatic carbocycles. The Balaban J connectivity index is 2.31. The molecular weight excluding hydrogens is 233 g/mol. The molecule has 4 N–H and O–H groups in total. The van der Waals surface area contributed by atoms with Gasteiger partial charge in [0.25, 0.3) is 0 Å². The van der Waals surface area contributed by atoms with Crippen molar-refractivity contribution >= 4 is 11.6 Å². The maximum absolute atomic E-state index is 14.0. The summed E-state index contributed by atoms with van der Waals surface area (Å²) in [5.41, 5.74) is 12.0. The van der Waals surface area contributed by atoms with E-state index in [1.54, 1.807) is 17.0 Å². The van der Waals surface area contributed by atoms with Gasteiger partial charge in [-0.25, -0.2) is 4.39 Å². The van der Waals surface area contributed by atoms with Crippen molar-refractivity contribution in [3.05, 3.63) is 29.6 Å². The molecule has 98 valence electrons. The molecule has 1 saturated heterocycles. The predicted octanol–water partition coefficient (Wildman–Crippen LogP) is 1.13. The van der Waals surface area contributed by atoms with Crippen LogP contribution in [-0.4, -0.2) is 18.5 Å². The Morgan fingerprint density at radius 2 is 2.22 bits per heavy atom. The van der Waals surface area contributed by atoms with E-state index in [9.17, 15) is 9.18 Å². The smallest absolute Gasteiger partial charge is 0.240 e. The average Bonchev–Trinajstić information content (AvgIpc) is 2.38. The minimum absolute atomic E-state index is 0.302. The number of amides is 1. The van der Waals surface area contributed by atoms with Crippen molar-refractivity contribution in [2.45, 2.75) is 31.8 Å². The summed E-state index contributed by atoms with van der Waals surface area (Å²) >= 11 is 0. The molecule has 0 saturated carbocycles. The minimum atomic E-state index is -0.406. The van der Waals surface area contributed by atoms with Crippen LogP contribution in [-0.2, 0) is 11.3 Å². The molecule has 0 radical (unpaired) electrons. The van der Waals surface area contributed by atoms with Crippen molar-refractivity contribution < 1.29 is 9.18 Å². The molecule has 1 atom stereocenters. The van der Waals surface area contributed by atoms with Crippen LogP contribution in [0.4, 0.5) is 10.1 Å². The van der Waals surface area contributed by atoms with Gasteiger partial charge >= 0.3 is 0 Å². The van der Waals surface area contributed by atoms with E-state index in [0.717, 1.165) is 18.4 Å². The van der Waals surface area contributed by atoms with E-state index in [2.05, 4.69) is 0 Å². The van der Waals surface area contributed by atoms with Crippen LogP contribution in [0.25, 0.3) is 0 Å². The van der Waals surface area contributed by atoms with Gasteiger partial charge in [-0.1, -0.05) is 6.07 Å². The molecule has 1 unspecified atom stereocenters. The molecule has 4 nitrogen and oxygen atoms in total. The molecular formula is C13H18FN3O. The van der Waals surface area contributed by atoms with E-state index >= 15 is 0 Å². The molecule has 2 rings (SSSR count). The highest BCUT2D eigenvalue weighted by molar-refractivity contribution is 5.84. The Morgan fingerprint density at radius 3 is 2.83 bits per heavy atom. The third-order valence-electron chi connectivity index (χ3n) is 3.39. The standard InChI is InChI=1S/C13H18FN3O/c14-10-7-9(8-15)4-5-11(10)17-6-2-1-3-12(17)13(16)18/h4-5,7,12H,1-3,6,8,15H2,(H2,16,18). The van der Waals surface area contributed by atoms with Gasteiger partial charge in [0, 0.05) is 13.1 Å². The molecule has 5 heteroatoms. The van der Waals surface area contributed by atoms with Crippen LogP contribution in [0.2, 0.25) is 0 Å². The van der Waals surface area contributed by atoms with E-state index in [1.165, 1.54) is 6.07 Å². The number of hydrogen-bond donors (Lipinski definition) is 2. The highest BCUT2D eigenvalue weighted by atomic mass is 19.1. The summed E-state index contributed by atoms with van der Waals surface area (Å²) in [5.74, 6) is -0.733. The van der Waals surface area contributed by atoms with Crippen molar-refractivity contribution in [1.29, 1.82) is 0 Å². The van der Waals surface area contributed by atoms with Crippen LogP contribution in [0.1, 0.15) is 24.8 Å². The van der Waals surface area contributed by atoms with Crippen molar-refractivity contribution in [2.24, 2.45) is 11.5 Å². The van der Waals surface area contributed by atoms with Crippen LogP contribution >= 0.6 is 0 Å². The highest BCUT2D eigenvalue weighted by Gasteiger charge is 2.28. The SMILES string of the molecule is NCc1ccc(N2CCCCC2C(N)=O)c(F)c1. The number of piperidine rings is 1. The third-order valence-corrected chi connectivity index (χ3v) is 3.39. The Kier molecular flexibility index (Phi) is 3.81. The number of anilines is 1. The second-order valence-electron chi connectivity index (χ2n) is 4.60. The fourth-order valence-electron chi connectivity index (χ4n) is 2.43. The van der Waals surface area contributed by atoms with E-state index in [4.69, 9.17) is 11.5 Å². The van der Waals surface area contributed by atoms with Gasteiger partial charge in [-0.2, -0.15) is 0 Å². The molecule has 1 amide bonds. The van der Waals surface area contributed by atoms with Gasteiger partial charge in [-0.3, -0.25) is 4.79 Å². The van der Waals surface area contributed by atoms with E-state index in [1.807, 2.05) is 0 Å². The van der Waals surface area contributed by atoms with E-state index < -0.39 is 11.9 Å². The van der Waals surface area contributed by atoms with Crippen molar-refractivity contribution in [3.8, 4) is 0 Å². The van der Waals surface area contributed by atoms with Gasteiger partial charge in [-0.05, 0) is 37.0 Å². The summed E-state index contributed by atoms with van der Waals surface area (Å²) in [6.07, 6.45) is 2.59. The van der Waals surface area contributed by atoms with Gasteiger partial charge in [0.1, 0.15) is 11.9 Å².